The van der Waals surface area contributed by atoms with Crippen LogP contribution in [0.15, 0.2) is 42.7 Å². The molecule has 0 spiro atoms. The van der Waals surface area contributed by atoms with Crippen molar-refractivity contribution in [3.63, 3.8) is 0 Å². The predicted octanol–water partition coefficient (Wildman–Crippen LogP) is 4.16. The molecule has 1 unspecified atom stereocenters. The van der Waals surface area contributed by atoms with E-state index >= 15 is 0 Å². The molecule has 35 heavy (non-hydrogen) atoms. The Morgan fingerprint density at radius 2 is 2.06 bits per heavy atom. The Hall–Kier alpha value is -3.96. The third-order valence-electron chi connectivity index (χ3n) is 6.85. The number of halogens is 1. The first-order valence-corrected chi connectivity index (χ1v) is 11.9. The molecular weight excluding hydrogens is 464 g/mol. The van der Waals surface area contributed by atoms with Gasteiger partial charge in [0.2, 0.25) is 5.91 Å². The molecule has 0 saturated heterocycles. The van der Waals surface area contributed by atoms with Crippen molar-refractivity contribution in [1.29, 1.82) is 5.26 Å². The Morgan fingerprint density at radius 1 is 1.23 bits per heavy atom. The third-order valence-corrected chi connectivity index (χ3v) is 7.08. The fourth-order valence-corrected chi connectivity index (χ4v) is 5.12. The quantitative estimate of drug-likeness (QED) is 0.428. The molecule has 8 nitrogen and oxygen atoms in total. The maximum Gasteiger partial charge on any atom is 0.262 e. The topological polar surface area (TPSA) is 106 Å². The van der Waals surface area contributed by atoms with Crippen LogP contribution in [0.5, 0.6) is 0 Å². The summed E-state index contributed by atoms with van der Waals surface area (Å²) in [4.78, 5) is 30.4. The van der Waals surface area contributed by atoms with Crippen LogP contribution in [0.3, 0.4) is 0 Å². The molecule has 1 atom stereocenters. The maximum absolute atomic E-state index is 13.2. The predicted molar refractivity (Wildman–Crippen MR) is 130 cm³/mol. The lowest BCUT2D eigenvalue weighted by Gasteiger charge is -2.20. The monoisotopic (exact) mass is 484 g/mol. The highest BCUT2D eigenvalue weighted by Gasteiger charge is 2.41. The number of imide groups is 1. The van der Waals surface area contributed by atoms with E-state index in [4.69, 9.17) is 16.7 Å². The molecule has 174 valence electrons. The van der Waals surface area contributed by atoms with Crippen LogP contribution in [0.25, 0.3) is 22.3 Å². The number of carbonyl (C=O) groups excluding carboxylic acids is 2. The average molecular weight is 485 g/mol. The zero-order chi connectivity index (χ0) is 24.3. The van der Waals surface area contributed by atoms with Crippen LogP contribution in [-0.2, 0) is 18.4 Å². The molecular formula is C26H21ClN6O2. The Bertz CT molecular complexity index is 1570. The van der Waals surface area contributed by atoms with Crippen molar-refractivity contribution in [3.8, 4) is 17.5 Å². The van der Waals surface area contributed by atoms with Crippen molar-refractivity contribution < 1.29 is 9.59 Å². The van der Waals surface area contributed by atoms with Gasteiger partial charge in [-0.05, 0) is 48.2 Å². The molecule has 4 aromatic rings. The van der Waals surface area contributed by atoms with Crippen molar-refractivity contribution >= 4 is 34.3 Å². The normalized spacial score (nSPS) is 17.3. The van der Waals surface area contributed by atoms with E-state index in [0.29, 0.717) is 52.1 Å². The number of amides is 2. The number of pyridine rings is 1. The van der Waals surface area contributed by atoms with Crippen molar-refractivity contribution in [3.05, 3.63) is 70.1 Å². The van der Waals surface area contributed by atoms with E-state index in [1.54, 1.807) is 29.2 Å². The number of fused-ring (bicyclic) bond motifs is 2. The number of benzene rings is 1. The highest BCUT2D eigenvalue weighted by molar-refractivity contribution is 6.31. The summed E-state index contributed by atoms with van der Waals surface area (Å²) in [6.45, 7) is 0.340. The molecule has 9 heteroatoms. The summed E-state index contributed by atoms with van der Waals surface area (Å²) in [6, 6.07) is 11.3. The minimum atomic E-state index is -0.477. The van der Waals surface area contributed by atoms with Gasteiger partial charge in [-0.3, -0.25) is 24.6 Å². The van der Waals surface area contributed by atoms with Crippen molar-refractivity contribution in [1.82, 2.24) is 24.6 Å². The van der Waals surface area contributed by atoms with Crippen LogP contribution < -0.4 is 5.32 Å². The molecule has 1 aromatic carbocycles. The van der Waals surface area contributed by atoms with Crippen molar-refractivity contribution in [2.45, 2.75) is 31.7 Å². The van der Waals surface area contributed by atoms with Gasteiger partial charge in [0, 0.05) is 29.9 Å². The zero-order valence-corrected chi connectivity index (χ0v) is 19.7. The summed E-state index contributed by atoms with van der Waals surface area (Å²) >= 11 is 6.28. The second-order valence-electron chi connectivity index (χ2n) is 9.28. The van der Waals surface area contributed by atoms with Crippen LogP contribution in [0, 0.1) is 17.2 Å². The second kappa shape index (κ2) is 8.07. The van der Waals surface area contributed by atoms with Gasteiger partial charge in [-0.15, -0.1) is 0 Å². The number of aromatic nitrogens is 4. The fraction of sp³-hybridized carbons (Fsp3) is 0.269. The first kappa shape index (κ1) is 21.6. The Kier molecular flexibility index (Phi) is 4.97. The molecule has 0 radical (unpaired) electrons. The van der Waals surface area contributed by atoms with Gasteiger partial charge in [0.25, 0.3) is 5.91 Å². The number of hydrogen-bond donors (Lipinski definition) is 1. The molecule has 2 aliphatic rings. The summed E-state index contributed by atoms with van der Waals surface area (Å²) in [5, 5.41) is 18.4. The van der Waals surface area contributed by atoms with Gasteiger partial charge in [-0.25, -0.2) is 0 Å². The van der Waals surface area contributed by atoms with Gasteiger partial charge in [0.1, 0.15) is 6.07 Å². The van der Waals surface area contributed by atoms with Crippen LogP contribution >= 0.6 is 11.6 Å². The van der Waals surface area contributed by atoms with Gasteiger partial charge < -0.3 is 4.57 Å². The molecule has 3 aromatic heterocycles. The first-order valence-electron chi connectivity index (χ1n) is 11.5. The number of hydrogen-bond acceptors (Lipinski definition) is 5. The standard InChI is InChI=1S/C26H21ClN6O2/c1-32-12-15(11-28)9-21(32)24-22-23(19(8-14-2-3-14)25(34)30-26(22)35)31-33(24)13-16-6-7-29-20-5-4-17(27)10-18(16)20/h4-7,9-10,12,14,19H,2-3,8,13H2,1H3,(H,30,34,35). The van der Waals surface area contributed by atoms with E-state index in [0.717, 1.165) is 29.3 Å². The summed E-state index contributed by atoms with van der Waals surface area (Å²) in [5.41, 5.74) is 4.39. The number of rotatable bonds is 5. The number of nitrogens with zero attached hydrogens (tertiary/aromatic N) is 5. The molecule has 1 N–H and O–H groups in total. The number of nitrogens with one attached hydrogen (secondary N) is 1. The smallest absolute Gasteiger partial charge is 0.262 e. The van der Waals surface area contributed by atoms with Gasteiger partial charge in [-0.1, -0.05) is 24.4 Å². The van der Waals surface area contributed by atoms with Gasteiger partial charge >= 0.3 is 0 Å². The summed E-state index contributed by atoms with van der Waals surface area (Å²) in [5.74, 6) is -0.751. The van der Waals surface area contributed by atoms with Crippen LogP contribution in [0.4, 0.5) is 0 Å². The second-order valence-corrected chi connectivity index (χ2v) is 9.72. The molecule has 6 rings (SSSR count). The lowest BCUT2D eigenvalue weighted by molar-refractivity contribution is -0.122. The van der Waals surface area contributed by atoms with Gasteiger partial charge in [-0.2, -0.15) is 10.4 Å². The molecule has 0 bridgehead atoms. The Morgan fingerprint density at radius 3 is 2.80 bits per heavy atom. The van der Waals surface area contributed by atoms with Crippen LogP contribution in [0.2, 0.25) is 5.02 Å². The lowest BCUT2D eigenvalue weighted by atomic mass is 9.90. The van der Waals surface area contributed by atoms with E-state index < -0.39 is 11.8 Å². The van der Waals surface area contributed by atoms with Crippen molar-refractivity contribution in [2.24, 2.45) is 13.0 Å². The fourth-order valence-electron chi connectivity index (χ4n) is 4.95. The SMILES string of the molecule is Cn1cc(C#N)cc1-c1c2c(nn1Cc1ccnc3ccc(Cl)cc13)C(CC1CC1)C(=O)NC2=O. The number of carbonyl (C=O) groups is 2. The number of aryl methyl sites for hydroxylation is 1. The van der Waals surface area contributed by atoms with Crippen molar-refractivity contribution in [2.75, 3.05) is 0 Å². The first-order chi connectivity index (χ1) is 16.9. The van der Waals surface area contributed by atoms with E-state index in [-0.39, 0.29) is 5.91 Å². The Balaban J connectivity index is 1.57. The molecule has 4 heterocycles. The molecule has 1 saturated carbocycles. The molecule has 1 aliphatic carbocycles. The number of nitriles is 1. The summed E-state index contributed by atoms with van der Waals surface area (Å²) in [6.07, 6.45) is 6.31. The zero-order valence-electron chi connectivity index (χ0n) is 19.0. The van der Waals surface area contributed by atoms with E-state index in [1.807, 2.05) is 29.8 Å². The van der Waals surface area contributed by atoms with E-state index in [2.05, 4.69) is 16.4 Å². The van der Waals surface area contributed by atoms with Crippen LogP contribution in [-0.4, -0.2) is 31.1 Å². The maximum atomic E-state index is 13.2. The largest absolute Gasteiger partial charge is 0.348 e. The molecule has 1 fully saturated rings. The van der Waals surface area contributed by atoms with Gasteiger partial charge in [0.15, 0.2) is 0 Å². The highest BCUT2D eigenvalue weighted by Crippen LogP contribution is 2.42. The summed E-state index contributed by atoms with van der Waals surface area (Å²) in [7, 11) is 1.83. The average Bonchev–Trinajstić information content (AvgIpc) is 3.47. The van der Waals surface area contributed by atoms with Crippen LogP contribution in [0.1, 0.15) is 52.4 Å². The summed E-state index contributed by atoms with van der Waals surface area (Å²) < 4.78 is 3.59. The van der Waals surface area contributed by atoms with E-state index in [1.165, 1.54) is 0 Å². The van der Waals surface area contributed by atoms with E-state index in [9.17, 15) is 14.9 Å². The minimum Gasteiger partial charge on any atom is -0.348 e. The third kappa shape index (κ3) is 3.69. The highest BCUT2D eigenvalue weighted by atomic mass is 35.5. The molecule has 1 aliphatic heterocycles. The lowest BCUT2D eigenvalue weighted by Crippen LogP contribution is -2.40. The molecule has 2 amide bonds. The van der Waals surface area contributed by atoms with Gasteiger partial charge in [0.05, 0.1) is 46.2 Å². The minimum absolute atomic E-state index is 0.295. The Labute approximate surface area is 206 Å².